The molecule has 3 aliphatic carbocycles. The second kappa shape index (κ2) is 18.7. The van der Waals surface area contributed by atoms with E-state index in [-0.39, 0.29) is 42.8 Å². The maximum atomic E-state index is 12.1. The minimum absolute atomic E-state index is 0.0421. The lowest BCUT2D eigenvalue weighted by Crippen LogP contribution is -2.34. The zero-order chi connectivity index (χ0) is 41.1. The van der Waals surface area contributed by atoms with Gasteiger partial charge in [0.25, 0.3) is 0 Å². The summed E-state index contributed by atoms with van der Waals surface area (Å²) in [6.45, 7) is 9.29. The molecule has 1 fully saturated rings. The number of unbranched alkanes of at least 4 members (excludes halogenated alkanes) is 2. The molecule has 0 amide bonds. The van der Waals surface area contributed by atoms with E-state index >= 15 is 0 Å². The van der Waals surface area contributed by atoms with Gasteiger partial charge in [-0.15, -0.1) is 0 Å². The SMILES string of the molecule is CCCCC[C@H](C)[C@H]1C[C@H]([C@@H]2Cc3cc(O)c(CC(C)C)cc3-c3c(OC)cc4c(c32)C[C@@H](O)[C@H](c2ccc(O)c(O[C@@H]3CCC[C@H](CO)C3)c2)O4)C=C[C@H]1CCO. The van der Waals surface area contributed by atoms with Gasteiger partial charge in [0, 0.05) is 36.8 Å². The summed E-state index contributed by atoms with van der Waals surface area (Å²) in [7, 11) is 1.71. The van der Waals surface area contributed by atoms with Gasteiger partial charge in [0.1, 0.15) is 23.4 Å². The molecule has 0 unspecified atom stereocenters. The van der Waals surface area contributed by atoms with Crippen molar-refractivity contribution < 1.29 is 39.7 Å². The lowest BCUT2D eigenvalue weighted by Gasteiger charge is -2.43. The van der Waals surface area contributed by atoms with Crippen LogP contribution in [-0.2, 0) is 19.3 Å². The van der Waals surface area contributed by atoms with E-state index in [2.05, 4.69) is 45.9 Å². The quantitative estimate of drug-likeness (QED) is 0.0760. The van der Waals surface area contributed by atoms with E-state index in [9.17, 15) is 25.5 Å². The van der Waals surface area contributed by atoms with E-state index in [0.29, 0.717) is 53.1 Å². The second-order valence-corrected chi connectivity index (χ2v) is 18.5. The fourth-order valence-corrected chi connectivity index (χ4v) is 10.9. The average molecular weight is 797 g/mol. The molecule has 1 heterocycles. The largest absolute Gasteiger partial charge is 0.508 e. The number of phenolic OH excluding ortho intramolecular Hbond substituents is 2. The number of fused-ring (bicyclic) bond motifs is 5. The fraction of sp³-hybridized carbons (Fsp3) is 0.600. The smallest absolute Gasteiger partial charge is 0.161 e. The maximum absolute atomic E-state index is 12.1. The number of allylic oxidation sites excluding steroid dienone is 2. The standard InChI is InChI=1S/C50H68O8/c1-6-7-8-10-30(4)38-21-33(14-13-32(38)17-18-51)39-22-35-24-43(54)36(19-29(2)3)23-40(35)49-47(56-5)27-45-41(48(39)49)26-44(55)50(58-45)34-15-16-42(53)46(25-34)57-37-12-9-11-31(20-37)28-52/h13-16,23-25,27,29-33,37-39,44,50-55H,6-12,17-22,26,28H2,1-5H3/t30-,31-,32-,33+,37+,38+,39-,44+,50-/m0/s1. The lowest BCUT2D eigenvalue weighted by molar-refractivity contribution is 0.0197. The van der Waals surface area contributed by atoms with Crippen molar-refractivity contribution in [3.05, 3.63) is 76.4 Å². The first-order chi connectivity index (χ1) is 28.0. The molecule has 0 aromatic heterocycles. The Morgan fingerprint density at radius 2 is 1.74 bits per heavy atom. The summed E-state index contributed by atoms with van der Waals surface area (Å²) in [6, 6.07) is 11.3. The summed E-state index contributed by atoms with van der Waals surface area (Å²) in [6.07, 6.45) is 15.1. The minimum Gasteiger partial charge on any atom is -0.508 e. The van der Waals surface area contributed by atoms with Gasteiger partial charge in [0.05, 0.1) is 19.3 Å². The first-order valence-electron chi connectivity index (χ1n) is 22.4. The van der Waals surface area contributed by atoms with Gasteiger partial charge in [-0.25, -0.2) is 0 Å². The van der Waals surface area contributed by atoms with Crippen LogP contribution in [0.15, 0.2) is 48.6 Å². The summed E-state index contributed by atoms with van der Waals surface area (Å²) in [5, 5.41) is 54.2. The van der Waals surface area contributed by atoms with Gasteiger partial charge in [-0.1, -0.05) is 71.6 Å². The van der Waals surface area contributed by atoms with Crippen LogP contribution < -0.4 is 14.2 Å². The van der Waals surface area contributed by atoms with Gasteiger partial charge in [-0.3, -0.25) is 0 Å². The Labute approximate surface area is 346 Å². The highest BCUT2D eigenvalue weighted by atomic mass is 16.5. The molecule has 5 N–H and O–H groups in total. The number of benzene rings is 3. The highest BCUT2D eigenvalue weighted by Gasteiger charge is 2.42. The highest BCUT2D eigenvalue weighted by molar-refractivity contribution is 5.83. The zero-order valence-electron chi connectivity index (χ0n) is 35.5. The lowest BCUT2D eigenvalue weighted by atomic mass is 9.63. The maximum Gasteiger partial charge on any atom is 0.161 e. The summed E-state index contributed by atoms with van der Waals surface area (Å²) in [5.74, 6) is 4.25. The van der Waals surface area contributed by atoms with Crippen LogP contribution in [0.3, 0.4) is 0 Å². The number of hydrogen-bond acceptors (Lipinski definition) is 8. The zero-order valence-corrected chi connectivity index (χ0v) is 35.5. The molecule has 3 aromatic carbocycles. The molecule has 1 aliphatic heterocycles. The molecular formula is C50H68O8. The Bertz CT molecular complexity index is 1900. The highest BCUT2D eigenvalue weighted by Crippen LogP contribution is 2.56. The molecule has 9 atom stereocenters. The second-order valence-electron chi connectivity index (χ2n) is 18.5. The summed E-state index contributed by atoms with van der Waals surface area (Å²) in [5.41, 5.74) is 7.01. The van der Waals surface area contributed by atoms with E-state index in [1.807, 2.05) is 12.1 Å². The third kappa shape index (κ3) is 8.90. The van der Waals surface area contributed by atoms with Crippen molar-refractivity contribution in [3.8, 4) is 39.9 Å². The van der Waals surface area contributed by atoms with Crippen molar-refractivity contribution >= 4 is 0 Å². The van der Waals surface area contributed by atoms with E-state index in [0.717, 1.165) is 84.7 Å². The molecule has 0 saturated heterocycles. The van der Waals surface area contributed by atoms with E-state index in [4.69, 9.17) is 14.2 Å². The molecule has 8 heteroatoms. The summed E-state index contributed by atoms with van der Waals surface area (Å²) >= 11 is 0. The Morgan fingerprint density at radius 1 is 0.914 bits per heavy atom. The predicted octanol–water partition coefficient (Wildman–Crippen LogP) is 9.99. The molecule has 3 aromatic rings. The van der Waals surface area contributed by atoms with Crippen LogP contribution in [0.25, 0.3) is 11.1 Å². The molecular weight excluding hydrogens is 729 g/mol. The van der Waals surface area contributed by atoms with Gasteiger partial charge >= 0.3 is 0 Å². The number of methoxy groups -OCH3 is 1. The van der Waals surface area contributed by atoms with Crippen molar-refractivity contribution in [2.45, 2.75) is 135 Å². The van der Waals surface area contributed by atoms with Gasteiger partial charge in [-0.2, -0.15) is 0 Å². The Morgan fingerprint density at radius 3 is 2.48 bits per heavy atom. The molecule has 0 radical (unpaired) electrons. The van der Waals surface area contributed by atoms with Crippen LogP contribution in [0.2, 0.25) is 0 Å². The fourth-order valence-electron chi connectivity index (χ4n) is 10.9. The predicted molar refractivity (Wildman–Crippen MR) is 229 cm³/mol. The van der Waals surface area contributed by atoms with E-state index in [1.165, 1.54) is 31.2 Å². The number of ether oxygens (including phenoxy) is 3. The molecule has 316 valence electrons. The summed E-state index contributed by atoms with van der Waals surface area (Å²) in [4.78, 5) is 0. The molecule has 7 rings (SSSR count). The van der Waals surface area contributed by atoms with Crippen molar-refractivity contribution in [3.63, 3.8) is 0 Å². The number of phenols is 2. The Hall–Kier alpha value is -3.72. The van der Waals surface area contributed by atoms with E-state index < -0.39 is 12.2 Å². The third-order valence-corrected chi connectivity index (χ3v) is 13.9. The monoisotopic (exact) mass is 796 g/mol. The molecule has 4 aliphatic rings. The molecule has 1 saturated carbocycles. The van der Waals surface area contributed by atoms with Gasteiger partial charge < -0.3 is 39.7 Å². The molecule has 8 nitrogen and oxygen atoms in total. The van der Waals surface area contributed by atoms with Gasteiger partial charge in [-0.05, 0) is 145 Å². The van der Waals surface area contributed by atoms with Crippen LogP contribution in [0.5, 0.6) is 28.7 Å². The molecule has 0 bridgehead atoms. The molecule has 58 heavy (non-hydrogen) atoms. The van der Waals surface area contributed by atoms with Crippen LogP contribution in [-0.4, -0.2) is 58.1 Å². The Kier molecular flexibility index (Phi) is 13.7. The first kappa shape index (κ1) is 42.4. The normalized spacial score (nSPS) is 27.0. The number of aliphatic hydroxyl groups is 3. The molecule has 0 spiro atoms. The van der Waals surface area contributed by atoms with Gasteiger partial charge in [0.2, 0.25) is 0 Å². The van der Waals surface area contributed by atoms with Crippen molar-refractivity contribution in [1.82, 2.24) is 0 Å². The van der Waals surface area contributed by atoms with Gasteiger partial charge in [0.15, 0.2) is 11.5 Å². The topological polar surface area (TPSA) is 129 Å². The van der Waals surface area contributed by atoms with Crippen molar-refractivity contribution in [2.75, 3.05) is 20.3 Å². The number of aliphatic hydroxyl groups excluding tert-OH is 3. The summed E-state index contributed by atoms with van der Waals surface area (Å²) < 4.78 is 19.5. The number of aromatic hydroxyl groups is 2. The number of rotatable bonds is 15. The van der Waals surface area contributed by atoms with Crippen LogP contribution >= 0.6 is 0 Å². The Balaban J connectivity index is 1.29. The van der Waals surface area contributed by atoms with Crippen molar-refractivity contribution in [1.29, 1.82) is 0 Å². The van der Waals surface area contributed by atoms with Crippen LogP contribution in [0.1, 0.15) is 132 Å². The van der Waals surface area contributed by atoms with Crippen molar-refractivity contribution in [2.24, 2.45) is 35.5 Å². The van der Waals surface area contributed by atoms with Crippen LogP contribution in [0, 0.1) is 35.5 Å². The third-order valence-electron chi connectivity index (χ3n) is 13.9. The first-order valence-corrected chi connectivity index (χ1v) is 22.4. The van der Waals surface area contributed by atoms with E-state index in [1.54, 1.807) is 25.3 Å². The number of hydrogen-bond donors (Lipinski definition) is 5. The average Bonchev–Trinajstić information content (AvgIpc) is 3.21. The van der Waals surface area contributed by atoms with Crippen LogP contribution in [0.4, 0.5) is 0 Å². The minimum atomic E-state index is -0.864.